The molecule has 0 N–H and O–H groups in total. The van der Waals surface area contributed by atoms with E-state index < -0.39 is 0 Å². The van der Waals surface area contributed by atoms with Crippen molar-refractivity contribution in [1.82, 2.24) is 4.57 Å². The van der Waals surface area contributed by atoms with E-state index in [-0.39, 0.29) is 0 Å². The summed E-state index contributed by atoms with van der Waals surface area (Å²) in [5.74, 6) is 3.00. The molecule has 14 rings (SSSR count). The average Bonchev–Trinajstić information content (AvgIpc) is 4.06. The summed E-state index contributed by atoms with van der Waals surface area (Å²) in [5.41, 5.74) is 17.1. The van der Waals surface area contributed by atoms with Gasteiger partial charge in [-0.2, -0.15) is 0 Å². The summed E-state index contributed by atoms with van der Waals surface area (Å²) in [4.78, 5) is 2.44. The van der Waals surface area contributed by atoms with Gasteiger partial charge in [0.2, 0.25) is 0 Å². The van der Waals surface area contributed by atoms with Crippen molar-refractivity contribution in [2.24, 2.45) is 23.2 Å². The van der Waals surface area contributed by atoms with Gasteiger partial charge in [-0.15, -0.1) is 0 Å². The lowest BCUT2D eigenvalue weighted by Crippen LogP contribution is -2.38. The highest BCUT2D eigenvalue weighted by molar-refractivity contribution is 6.09. The Bertz CT molecular complexity index is 3020. The number of hydrogen-bond acceptors (Lipinski definition) is 1. The maximum absolute atomic E-state index is 2.49. The first kappa shape index (κ1) is 34.2. The molecule has 60 heavy (non-hydrogen) atoms. The summed E-state index contributed by atoms with van der Waals surface area (Å²) in [6, 6.07) is 74.2. The smallest absolute Gasteiger partial charge is 0.0541 e. The lowest BCUT2D eigenvalue weighted by molar-refractivity contribution is 0.0381. The number of anilines is 3. The molecule has 2 nitrogen and oxygen atoms in total. The largest absolute Gasteiger partial charge is 0.311 e. The number of aromatic nitrogens is 1. The van der Waals surface area contributed by atoms with Crippen molar-refractivity contribution in [2.75, 3.05) is 4.90 Å². The predicted molar refractivity (Wildman–Crippen MR) is 249 cm³/mol. The predicted octanol–water partition coefficient (Wildman–Crippen LogP) is 15.3. The Kier molecular flexibility index (Phi) is 7.38. The molecule has 0 amide bonds. The van der Waals surface area contributed by atoms with E-state index in [2.05, 4.69) is 210 Å². The van der Waals surface area contributed by atoms with Gasteiger partial charge in [-0.1, -0.05) is 133 Å². The Morgan fingerprint density at radius 2 is 0.950 bits per heavy atom. The molecule has 9 aromatic rings. The van der Waals surface area contributed by atoms with Crippen LogP contribution in [0.3, 0.4) is 0 Å². The maximum atomic E-state index is 2.49. The normalized spacial score (nSPS) is 23.3. The SMILES string of the molecule is c1ccc(-c2cccc(-c3ccc(N(c4ccc(-c5cccc(-n6c7ccccc7c7ccccc76)c5)cc4)c4ccc(C56C[C@@H]7CC8CC7(C5)[C@@H]8C6)cc4)cc3)c2)cc1. The number of para-hydroxylation sites is 2. The monoisotopic (exact) mass is 770 g/mol. The maximum Gasteiger partial charge on any atom is 0.0541 e. The molecule has 5 aliphatic rings. The zero-order chi connectivity index (χ0) is 39.4. The molecule has 5 saturated carbocycles. The third-order valence-corrected chi connectivity index (χ3v) is 15.6. The van der Waals surface area contributed by atoms with E-state index in [9.17, 15) is 0 Å². The van der Waals surface area contributed by atoms with Crippen LogP contribution in [0.2, 0.25) is 0 Å². The van der Waals surface area contributed by atoms with Crippen molar-refractivity contribution >= 4 is 38.9 Å². The standard InChI is InChI=1S/C58H46N2/c1-2-10-39(11-3-1)42-12-8-13-43(32-42)40-20-26-48(27-21-40)59(50-30-24-46(25-31-50)57-36-47-33-45-35-58(47,38-57)54(45)37-57)49-28-22-41(23-29-49)44-14-9-15-51(34-44)60-55-18-6-4-16-52(55)53-17-5-7-19-56(53)60/h1-32,34,45,47,54H,33,35-38H2/t45?,47-,54+,57?,58?/m0/s1. The molecule has 5 fully saturated rings. The van der Waals surface area contributed by atoms with Crippen molar-refractivity contribution in [1.29, 1.82) is 0 Å². The molecule has 288 valence electrons. The van der Waals surface area contributed by atoms with Crippen molar-refractivity contribution in [3.05, 3.63) is 206 Å². The molecule has 5 aliphatic carbocycles. The highest BCUT2D eigenvalue weighted by atomic mass is 15.1. The fourth-order valence-corrected chi connectivity index (χ4v) is 13.1. The Morgan fingerprint density at radius 1 is 0.433 bits per heavy atom. The fourth-order valence-electron chi connectivity index (χ4n) is 13.1. The number of rotatable bonds is 8. The van der Waals surface area contributed by atoms with E-state index >= 15 is 0 Å². The Labute approximate surface area is 352 Å². The third-order valence-electron chi connectivity index (χ3n) is 15.6. The molecule has 0 aliphatic heterocycles. The van der Waals surface area contributed by atoms with Crippen LogP contribution < -0.4 is 4.90 Å². The molecule has 1 heterocycles. The van der Waals surface area contributed by atoms with Crippen LogP contribution in [0.15, 0.2) is 200 Å². The molecule has 5 atom stereocenters. The average molecular weight is 771 g/mol. The van der Waals surface area contributed by atoms with Crippen LogP contribution in [0.25, 0.3) is 60.9 Å². The summed E-state index contributed by atoms with van der Waals surface area (Å²) in [7, 11) is 0. The lowest BCUT2D eigenvalue weighted by Gasteiger charge is -2.45. The Hall–Kier alpha value is -6.64. The van der Waals surface area contributed by atoms with Crippen molar-refractivity contribution in [2.45, 2.75) is 37.5 Å². The van der Waals surface area contributed by atoms with Crippen LogP contribution in [0.1, 0.15) is 37.7 Å². The van der Waals surface area contributed by atoms with E-state index in [1.807, 2.05) is 0 Å². The van der Waals surface area contributed by atoms with Crippen LogP contribution in [-0.2, 0) is 5.41 Å². The molecule has 0 saturated heterocycles. The highest BCUT2D eigenvalue weighted by Crippen LogP contribution is 2.83. The van der Waals surface area contributed by atoms with Gasteiger partial charge >= 0.3 is 0 Å². The summed E-state index contributed by atoms with van der Waals surface area (Å²) < 4.78 is 2.40. The molecule has 3 bridgehead atoms. The van der Waals surface area contributed by atoms with Crippen LogP contribution in [0.5, 0.6) is 0 Å². The molecular weight excluding hydrogens is 725 g/mol. The van der Waals surface area contributed by atoms with Crippen molar-refractivity contribution in [3.8, 4) is 39.1 Å². The number of nitrogens with zero attached hydrogens (tertiary/aromatic N) is 2. The van der Waals surface area contributed by atoms with Crippen LogP contribution in [0, 0.1) is 23.2 Å². The van der Waals surface area contributed by atoms with Crippen LogP contribution in [-0.4, -0.2) is 4.57 Å². The first-order chi connectivity index (χ1) is 29.6. The van der Waals surface area contributed by atoms with Gasteiger partial charge < -0.3 is 9.47 Å². The Balaban J connectivity index is 0.858. The minimum atomic E-state index is 0.398. The quantitative estimate of drug-likeness (QED) is 0.149. The number of benzene rings is 8. The molecule has 2 heteroatoms. The second-order valence-corrected chi connectivity index (χ2v) is 18.4. The topological polar surface area (TPSA) is 8.17 Å². The molecule has 3 unspecified atom stereocenters. The van der Waals surface area contributed by atoms with Gasteiger partial charge in [-0.25, -0.2) is 0 Å². The van der Waals surface area contributed by atoms with E-state index in [1.54, 1.807) is 5.56 Å². The van der Waals surface area contributed by atoms with Gasteiger partial charge in [-0.3, -0.25) is 0 Å². The summed E-state index contributed by atoms with van der Waals surface area (Å²) in [6.07, 6.45) is 7.29. The summed E-state index contributed by atoms with van der Waals surface area (Å²) in [6.45, 7) is 0. The van der Waals surface area contributed by atoms with E-state index in [0.29, 0.717) is 10.8 Å². The van der Waals surface area contributed by atoms with E-state index in [4.69, 9.17) is 0 Å². The van der Waals surface area contributed by atoms with Gasteiger partial charge in [0.1, 0.15) is 0 Å². The van der Waals surface area contributed by atoms with E-state index in [1.165, 1.54) is 98.7 Å². The second kappa shape index (κ2) is 12.9. The molecular formula is C58H46N2. The number of hydrogen-bond donors (Lipinski definition) is 0. The minimum absolute atomic E-state index is 0.398. The van der Waals surface area contributed by atoms with Crippen molar-refractivity contribution < 1.29 is 0 Å². The van der Waals surface area contributed by atoms with Gasteiger partial charge in [0, 0.05) is 33.5 Å². The molecule has 8 aromatic carbocycles. The zero-order valence-electron chi connectivity index (χ0n) is 33.7. The van der Waals surface area contributed by atoms with Gasteiger partial charge in [-0.05, 0) is 166 Å². The lowest BCUT2D eigenvalue weighted by atomic mass is 9.59. The van der Waals surface area contributed by atoms with Gasteiger partial charge in [0.15, 0.2) is 0 Å². The first-order valence-electron chi connectivity index (χ1n) is 22.0. The third kappa shape index (κ3) is 5.07. The summed E-state index contributed by atoms with van der Waals surface area (Å²) >= 11 is 0. The molecule has 0 radical (unpaired) electrons. The van der Waals surface area contributed by atoms with Crippen LogP contribution in [0.4, 0.5) is 17.1 Å². The fraction of sp³-hybridized carbons (Fsp3) is 0.172. The molecule has 1 aromatic heterocycles. The van der Waals surface area contributed by atoms with Crippen molar-refractivity contribution in [3.63, 3.8) is 0 Å². The zero-order valence-corrected chi connectivity index (χ0v) is 33.7. The second-order valence-electron chi connectivity index (χ2n) is 18.4. The molecule has 1 spiro atoms. The van der Waals surface area contributed by atoms with E-state index in [0.717, 1.165) is 29.1 Å². The van der Waals surface area contributed by atoms with Crippen LogP contribution >= 0.6 is 0 Å². The first-order valence-corrected chi connectivity index (χ1v) is 22.0. The van der Waals surface area contributed by atoms with Gasteiger partial charge in [0.25, 0.3) is 0 Å². The Morgan fingerprint density at radius 3 is 1.55 bits per heavy atom. The summed E-state index contributed by atoms with van der Waals surface area (Å²) in [5, 5.41) is 2.56. The minimum Gasteiger partial charge on any atom is -0.311 e. The highest BCUT2D eigenvalue weighted by Gasteiger charge is 2.76. The van der Waals surface area contributed by atoms with Gasteiger partial charge in [0.05, 0.1) is 11.0 Å². The number of fused-ring (bicyclic) bond motifs is 4.